The number of hydrogen-bond donors (Lipinski definition) is 4. The highest BCUT2D eigenvalue weighted by molar-refractivity contribution is 5.87. The average Bonchev–Trinajstić information content (AvgIpc) is 2.60. The summed E-state index contributed by atoms with van der Waals surface area (Å²) < 4.78 is 9.59. The highest BCUT2D eigenvalue weighted by Crippen LogP contribution is 2.03. The SMILES string of the molecule is CCOC(=O)NC(C(=O)NCCNC(=O)C(NC(=O)OCC)C(C)C)C(C)C. The summed E-state index contributed by atoms with van der Waals surface area (Å²) in [5.41, 5.74) is 0. The molecule has 0 heterocycles. The van der Waals surface area contributed by atoms with Crippen molar-refractivity contribution in [2.24, 2.45) is 11.8 Å². The summed E-state index contributed by atoms with van der Waals surface area (Å²) in [5, 5.41) is 10.3. The Labute approximate surface area is 166 Å². The molecule has 2 atom stereocenters. The zero-order chi connectivity index (χ0) is 21.7. The highest BCUT2D eigenvalue weighted by Gasteiger charge is 2.26. The van der Waals surface area contributed by atoms with Gasteiger partial charge in [-0.3, -0.25) is 9.59 Å². The summed E-state index contributed by atoms with van der Waals surface area (Å²) in [5.74, 6) is -1.03. The molecule has 162 valence electrons. The third-order valence-corrected chi connectivity index (χ3v) is 3.72. The highest BCUT2D eigenvalue weighted by atomic mass is 16.6. The maximum atomic E-state index is 12.3. The Bertz CT molecular complexity index is 478. The number of ether oxygens (including phenoxy) is 2. The molecule has 0 aromatic rings. The molecule has 0 aliphatic carbocycles. The summed E-state index contributed by atoms with van der Waals surface area (Å²) >= 11 is 0. The third-order valence-electron chi connectivity index (χ3n) is 3.72. The van der Waals surface area contributed by atoms with E-state index in [1.165, 1.54) is 0 Å². The number of carbonyl (C=O) groups is 4. The van der Waals surface area contributed by atoms with Gasteiger partial charge in [-0.25, -0.2) is 9.59 Å². The van der Waals surface area contributed by atoms with E-state index in [4.69, 9.17) is 9.47 Å². The van der Waals surface area contributed by atoms with Gasteiger partial charge in [-0.05, 0) is 25.7 Å². The molecule has 0 radical (unpaired) electrons. The summed E-state index contributed by atoms with van der Waals surface area (Å²) in [6.45, 7) is 11.3. The van der Waals surface area contributed by atoms with Gasteiger partial charge in [0, 0.05) is 13.1 Å². The van der Waals surface area contributed by atoms with E-state index in [1.54, 1.807) is 41.5 Å². The number of carbonyl (C=O) groups excluding carboxylic acids is 4. The number of hydrogen-bond acceptors (Lipinski definition) is 6. The molecule has 4 N–H and O–H groups in total. The van der Waals surface area contributed by atoms with E-state index in [1.807, 2.05) is 0 Å². The Morgan fingerprint density at radius 3 is 1.25 bits per heavy atom. The van der Waals surface area contributed by atoms with Crippen LogP contribution in [0.4, 0.5) is 9.59 Å². The monoisotopic (exact) mass is 402 g/mol. The zero-order valence-corrected chi connectivity index (χ0v) is 17.6. The van der Waals surface area contributed by atoms with Crippen LogP contribution in [0.5, 0.6) is 0 Å². The van der Waals surface area contributed by atoms with Crippen LogP contribution >= 0.6 is 0 Å². The van der Waals surface area contributed by atoms with Crippen molar-refractivity contribution >= 4 is 24.0 Å². The first kappa shape index (κ1) is 25.5. The van der Waals surface area contributed by atoms with Crippen molar-refractivity contribution in [3.8, 4) is 0 Å². The van der Waals surface area contributed by atoms with Crippen LogP contribution in [0.25, 0.3) is 0 Å². The van der Waals surface area contributed by atoms with Gasteiger partial charge < -0.3 is 30.7 Å². The van der Waals surface area contributed by atoms with Crippen LogP contribution < -0.4 is 21.3 Å². The minimum Gasteiger partial charge on any atom is -0.450 e. The molecule has 28 heavy (non-hydrogen) atoms. The van der Waals surface area contributed by atoms with Gasteiger partial charge in [0.2, 0.25) is 11.8 Å². The van der Waals surface area contributed by atoms with Crippen LogP contribution in [0.2, 0.25) is 0 Å². The fourth-order valence-electron chi connectivity index (χ4n) is 2.26. The normalized spacial score (nSPS) is 12.7. The number of alkyl carbamates (subject to hydrolysis) is 2. The summed E-state index contributed by atoms with van der Waals surface area (Å²) in [4.78, 5) is 47.6. The average molecular weight is 402 g/mol. The largest absolute Gasteiger partial charge is 0.450 e. The molecule has 0 saturated heterocycles. The van der Waals surface area contributed by atoms with Crippen LogP contribution in [0.1, 0.15) is 41.5 Å². The van der Waals surface area contributed by atoms with Gasteiger partial charge in [-0.2, -0.15) is 0 Å². The van der Waals surface area contributed by atoms with Crippen molar-refractivity contribution in [3.63, 3.8) is 0 Å². The predicted molar refractivity (Wildman–Crippen MR) is 104 cm³/mol. The van der Waals surface area contributed by atoms with E-state index >= 15 is 0 Å². The van der Waals surface area contributed by atoms with Crippen molar-refractivity contribution in [2.75, 3.05) is 26.3 Å². The molecule has 0 fully saturated rings. The molecule has 0 spiro atoms. The lowest BCUT2D eigenvalue weighted by Gasteiger charge is -2.22. The molecule has 10 heteroatoms. The first-order valence-corrected chi connectivity index (χ1v) is 9.55. The minimum atomic E-state index is -0.747. The first-order valence-electron chi connectivity index (χ1n) is 9.55. The van der Waals surface area contributed by atoms with E-state index < -0.39 is 24.3 Å². The summed E-state index contributed by atoms with van der Waals surface area (Å²) in [6, 6.07) is -1.49. The second-order valence-corrected chi connectivity index (χ2v) is 6.76. The molecule has 0 bridgehead atoms. The van der Waals surface area contributed by atoms with Crippen molar-refractivity contribution in [1.29, 1.82) is 0 Å². The fourth-order valence-corrected chi connectivity index (χ4v) is 2.26. The number of rotatable bonds is 11. The molecule has 2 unspecified atom stereocenters. The van der Waals surface area contributed by atoms with Gasteiger partial charge in [0.05, 0.1) is 13.2 Å². The second-order valence-electron chi connectivity index (χ2n) is 6.76. The molecular formula is C18H34N4O6. The molecule has 0 aliphatic rings. The van der Waals surface area contributed by atoms with E-state index in [2.05, 4.69) is 21.3 Å². The number of amides is 4. The molecule has 10 nitrogen and oxygen atoms in total. The van der Waals surface area contributed by atoms with Gasteiger partial charge >= 0.3 is 12.2 Å². The molecule has 0 rings (SSSR count). The standard InChI is InChI=1S/C18H34N4O6/c1-7-27-17(25)21-13(11(3)4)15(23)19-9-10-20-16(24)14(12(5)6)22-18(26)28-8-2/h11-14H,7-10H2,1-6H3,(H,19,23)(H,20,24)(H,21,25)(H,22,26). The Hall–Kier alpha value is -2.52. The number of nitrogens with one attached hydrogen (secondary N) is 4. The minimum absolute atomic E-state index is 0.141. The van der Waals surface area contributed by atoms with Gasteiger partial charge in [-0.15, -0.1) is 0 Å². The van der Waals surface area contributed by atoms with Gasteiger partial charge in [0.1, 0.15) is 12.1 Å². The summed E-state index contributed by atoms with van der Waals surface area (Å²) in [7, 11) is 0. The molecule has 0 aromatic heterocycles. The molecule has 4 amide bonds. The maximum absolute atomic E-state index is 12.3. The van der Waals surface area contributed by atoms with E-state index in [0.29, 0.717) is 0 Å². The molecule has 0 aromatic carbocycles. The van der Waals surface area contributed by atoms with Crippen molar-refractivity contribution < 1.29 is 28.7 Å². The van der Waals surface area contributed by atoms with E-state index in [-0.39, 0.29) is 50.0 Å². The third kappa shape index (κ3) is 9.98. The van der Waals surface area contributed by atoms with Crippen molar-refractivity contribution in [3.05, 3.63) is 0 Å². The van der Waals surface area contributed by atoms with Crippen LogP contribution in [0.3, 0.4) is 0 Å². The topological polar surface area (TPSA) is 135 Å². The predicted octanol–water partition coefficient (Wildman–Crippen LogP) is 0.760. The van der Waals surface area contributed by atoms with E-state index in [9.17, 15) is 19.2 Å². The van der Waals surface area contributed by atoms with Gasteiger partial charge in [-0.1, -0.05) is 27.7 Å². The smallest absolute Gasteiger partial charge is 0.407 e. The lowest BCUT2D eigenvalue weighted by Crippen LogP contribution is -2.53. The lowest BCUT2D eigenvalue weighted by molar-refractivity contribution is -0.125. The Kier molecular flexibility index (Phi) is 12.4. The van der Waals surface area contributed by atoms with Gasteiger partial charge in [0.25, 0.3) is 0 Å². The maximum Gasteiger partial charge on any atom is 0.407 e. The van der Waals surface area contributed by atoms with Crippen LogP contribution in [0, 0.1) is 11.8 Å². The van der Waals surface area contributed by atoms with Crippen LogP contribution in [-0.4, -0.2) is 62.4 Å². The second kappa shape index (κ2) is 13.6. The van der Waals surface area contributed by atoms with Crippen molar-refractivity contribution in [2.45, 2.75) is 53.6 Å². The van der Waals surface area contributed by atoms with Gasteiger partial charge in [0.15, 0.2) is 0 Å². The van der Waals surface area contributed by atoms with Crippen LogP contribution in [0.15, 0.2) is 0 Å². The first-order chi connectivity index (χ1) is 13.1. The fraction of sp³-hybridized carbons (Fsp3) is 0.778. The Morgan fingerprint density at radius 1 is 0.679 bits per heavy atom. The Balaban J connectivity index is 4.48. The van der Waals surface area contributed by atoms with Crippen molar-refractivity contribution in [1.82, 2.24) is 21.3 Å². The zero-order valence-electron chi connectivity index (χ0n) is 17.6. The molecule has 0 aliphatic heterocycles. The quantitative estimate of drug-likeness (QED) is 0.377. The summed E-state index contributed by atoms with van der Waals surface area (Å²) in [6.07, 6.45) is -1.32. The Morgan fingerprint density at radius 2 is 1.00 bits per heavy atom. The van der Waals surface area contributed by atoms with Crippen LogP contribution in [-0.2, 0) is 19.1 Å². The molecule has 0 saturated carbocycles. The van der Waals surface area contributed by atoms with E-state index in [0.717, 1.165) is 0 Å². The molecular weight excluding hydrogens is 368 g/mol. The lowest BCUT2D eigenvalue weighted by atomic mass is 10.0.